The Morgan fingerprint density at radius 2 is 2.35 bits per heavy atom. The molecule has 2 rings (SSSR count). The summed E-state index contributed by atoms with van der Waals surface area (Å²) < 4.78 is 7.22. The van der Waals surface area contributed by atoms with Gasteiger partial charge in [-0.3, -0.25) is 16.0 Å². The van der Waals surface area contributed by atoms with Crippen LogP contribution in [-0.2, 0) is 7.05 Å². The lowest BCUT2D eigenvalue weighted by Crippen LogP contribution is -2.36. The molecule has 1 heterocycles. The molecule has 3 atom stereocenters. The third-order valence-corrected chi connectivity index (χ3v) is 4.00. The first-order valence-electron chi connectivity index (χ1n) is 6.21. The topological polar surface area (TPSA) is 65.1 Å². The van der Waals surface area contributed by atoms with Crippen LogP contribution in [0.4, 0.5) is 0 Å². The maximum absolute atomic E-state index is 5.75. The molecule has 0 aromatic carbocycles. The van der Waals surface area contributed by atoms with E-state index in [4.69, 9.17) is 10.6 Å². The zero-order valence-electron chi connectivity index (χ0n) is 10.8. The third kappa shape index (κ3) is 2.17. The van der Waals surface area contributed by atoms with Gasteiger partial charge in [-0.1, -0.05) is 19.8 Å². The first kappa shape index (κ1) is 12.4. The number of ether oxygens (including phenoxy) is 1. The normalized spacial score (nSPS) is 26.1. The summed E-state index contributed by atoms with van der Waals surface area (Å²) in [7, 11) is 3.61. The van der Waals surface area contributed by atoms with E-state index in [-0.39, 0.29) is 6.04 Å². The highest BCUT2D eigenvalue weighted by Crippen LogP contribution is 2.41. The number of hydrogen-bond acceptors (Lipinski definition) is 4. The number of hydrazine groups is 1. The summed E-state index contributed by atoms with van der Waals surface area (Å²) in [6, 6.07) is 0.120. The van der Waals surface area contributed by atoms with Gasteiger partial charge in [0.2, 0.25) is 0 Å². The smallest absolute Gasteiger partial charge is 0.161 e. The van der Waals surface area contributed by atoms with E-state index in [2.05, 4.69) is 17.4 Å². The van der Waals surface area contributed by atoms with E-state index in [1.165, 1.54) is 19.3 Å². The molecular weight excluding hydrogens is 216 g/mol. The van der Waals surface area contributed by atoms with Crippen LogP contribution in [0.3, 0.4) is 0 Å². The Morgan fingerprint density at radius 3 is 2.88 bits per heavy atom. The third-order valence-electron chi connectivity index (χ3n) is 4.00. The lowest BCUT2D eigenvalue weighted by atomic mass is 9.88. The van der Waals surface area contributed by atoms with Crippen molar-refractivity contribution in [3.05, 3.63) is 11.9 Å². The minimum Gasteiger partial charge on any atom is -0.493 e. The van der Waals surface area contributed by atoms with E-state index in [9.17, 15) is 0 Å². The van der Waals surface area contributed by atoms with Crippen molar-refractivity contribution >= 4 is 0 Å². The molecule has 0 bridgehead atoms. The average molecular weight is 238 g/mol. The Balaban J connectivity index is 2.31. The molecule has 0 amide bonds. The average Bonchev–Trinajstić information content (AvgIpc) is 2.89. The van der Waals surface area contributed by atoms with Crippen LogP contribution in [0.1, 0.15) is 37.9 Å². The van der Waals surface area contributed by atoms with Crippen molar-refractivity contribution in [3.63, 3.8) is 0 Å². The van der Waals surface area contributed by atoms with E-state index in [1.807, 2.05) is 11.7 Å². The largest absolute Gasteiger partial charge is 0.493 e. The van der Waals surface area contributed by atoms with Gasteiger partial charge < -0.3 is 4.74 Å². The molecular formula is C12H22N4O. The molecule has 1 saturated carbocycles. The van der Waals surface area contributed by atoms with Crippen LogP contribution in [0.5, 0.6) is 5.75 Å². The molecule has 17 heavy (non-hydrogen) atoms. The maximum Gasteiger partial charge on any atom is 0.161 e. The molecule has 1 aromatic heterocycles. The molecule has 1 fully saturated rings. The summed E-state index contributed by atoms with van der Waals surface area (Å²) in [5.74, 6) is 7.82. The van der Waals surface area contributed by atoms with Crippen molar-refractivity contribution in [2.24, 2.45) is 24.7 Å². The van der Waals surface area contributed by atoms with E-state index in [0.717, 1.165) is 11.4 Å². The molecule has 0 aliphatic heterocycles. The summed E-state index contributed by atoms with van der Waals surface area (Å²) >= 11 is 0. The predicted octanol–water partition coefficient (Wildman–Crippen LogP) is 1.37. The number of nitrogens with zero attached hydrogens (tertiary/aromatic N) is 2. The first-order chi connectivity index (χ1) is 8.19. The number of nitrogens with one attached hydrogen (secondary N) is 1. The van der Waals surface area contributed by atoms with Crippen LogP contribution in [-0.4, -0.2) is 16.9 Å². The van der Waals surface area contributed by atoms with E-state index in [0.29, 0.717) is 11.8 Å². The second kappa shape index (κ2) is 5.06. The number of methoxy groups -OCH3 is 1. The van der Waals surface area contributed by atoms with Crippen LogP contribution in [0, 0.1) is 11.8 Å². The lowest BCUT2D eigenvalue weighted by molar-refractivity contribution is 0.283. The van der Waals surface area contributed by atoms with Crippen molar-refractivity contribution < 1.29 is 4.74 Å². The van der Waals surface area contributed by atoms with Gasteiger partial charge in [0.15, 0.2) is 5.75 Å². The van der Waals surface area contributed by atoms with Gasteiger partial charge in [-0.15, -0.1) is 0 Å². The summed E-state index contributed by atoms with van der Waals surface area (Å²) in [6.45, 7) is 2.30. The van der Waals surface area contributed by atoms with Crippen LogP contribution in [0.25, 0.3) is 0 Å². The molecule has 1 aliphatic carbocycles. The summed E-state index contributed by atoms with van der Waals surface area (Å²) in [5.41, 5.74) is 4.00. The van der Waals surface area contributed by atoms with Gasteiger partial charge in [0.05, 0.1) is 25.0 Å². The van der Waals surface area contributed by atoms with E-state index in [1.54, 1.807) is 13.3 Å². The Kier molecular flexibility index (Phi) is 3.69. The fraction of sp³-hybridized carbons (Fsp3) is 0.750. The zero-order valence-corrected chi connectivity index (χ0v) is 10.8. The molecule has 5 heteroatoms. The van der Waals surface area contributed by atoms with Gasteiger partial charge in [0.25, 0.3) is 0 Å². The standard InChI is InChI=1S/C12H22N4O/c1-8-5-4-6-9(8)11(15-13)12-10(17-3)7-14-16(12)2/h7-9,11,15H,4-6,13H2,1-3H3. The summed E-state index contributed by atoms with van der Waals surface area (Å²) in [4.78, 5) is 0. The van der Waals surface area contributed by atoms with Crippen molar-refractivity contribution in [3.8, 4) is 5.75 Å². The SMILES string of the molecule is COc1cnn(C)c1C(NN)C1CCCC1C. The molecule has 0 spiro atoms. The van der Waals surface area contributed by atoms with Gasteiger partial charge in [-0.05, 0) is 18.3 Å². The van der Waals surface area contributed by atoms with E-state index >= 15 is 0 Å². The first-order valence-corrected chi connectivity index (χ1v) is 6.21. The fourth-order valence-electron chi connectivity index (χ4n) is 3.01. The highest BCUT2D eigenvalue weighted by atomic mass is 16.5. The Bertz CT molecular complexity index is 377. The molecule has 0 saturated heterocycles. The minimum atomic E-state index is 0.120. The molecule has 1 aliphatic rings. The zero-order chi connectivity index (χ0) is 12.4. The quantitative estimate of drug-likeness (QED) is 0.614. The number of nitrogens with two attached hydrogens (primary N) is 1. The predicted molar refractivity (Wildman–Crippen MR) is 66.3 cm³/mol. The van der Waals surface area contributed by atoms with Crippen molar-refractivity contribution in [2.45, 2.75) is 32.2 Å². The monoisotopic (exact) mass is 238 g/mol. The number of aromatic nitrogens is 2. The number of aryl methyl sites for hydroxylation is 1. The fourth-order valence-corrected chi connectivity index (χ4v) is 3.01. The second-order valence-electron chi connectivity index (χ2n) is 4.94. The van der Waals surface area contributed by atoms with Crippen molar-refractivity contribution in [1.29, 1.82) is 0 Å². The van der Waals surface area contributed by atoms with E-state index < -0.39 is 0 Å². The Labute approximate surface area is 102 Å². The van der Waals surface area contributed by atoms with Crippen LogP contribution >= 0.6 is 0 Å². The van der Waals surface area contributed by atoms with Gasteiger partial charge in [-0.25, -0.2) is 0 Å². The maximum atomic E-state index is 5.75. The highest BCUT2D eigenvalue weighted by molar-refractivity contribution is 5.29. The highest BCUT2D eigenvalue weighted by Gasteiger charge is 2.34. The number of hydrogen-bond donors (Lipinski definition) is 2. The Morgan fingerprint density at radius 1 is 1.59 bits per heavy atom. The molecule has 96 valence electrons. The summed E-state index contributed by atoms with van der Waals surface area (Å²) in [6.07, 6.45) is 5.52. The molecule has 0 radical (unpaired) electrons. The van der Waals surface area contributed by atoms with Gasteiger partial charge >= 0.3 is 0 Å². The molecule has 1 aromatic rings. The van der Waals surface area contributed by atoms with Gasteiger partial charge in [0.1, 0.15) is 0 Å². The van der Waals surface area contributed by atoms with Crippen molar-refractivity contribution in [1.82, 2.24) is 15.2 Å². The molecule has 3 unspecified atom stereocenters. The minimum absolute atomic E-state index is 0.120. The molecule has 5 nitrogen and oxygen atoms in total. The summed E-state index contributed by atoms with van der Waals surface area (Å²) in [5, 5.41) is 4.25. The lowest BCUT2D eigenvalue weighted by Gasteiger charge is -2.27. The molecule has 3 N–H and O–H groups in total. The number of rotatable bonds is 4. The van der Waals surface area contributed by atoms with Crippen molar-refractivity contribution in [2.75, 3.05) is 7.11 Å². The second-order valence-corrected chi connectivity index (χ2v) is 4.94. The Hall–Kier alpha value is -1.07. The van der Waals surface area contributed by atoms with Gasteiger partial charge in [-0.2, -0.15) is 5.10 Å². The van der Waals surface area contributed by atoms with Gasteiger partial charge in [0, 0.05) is 7.05 Å². The van der Waals surface area contributed by atoms with Crippen LogP contribution < -0.4 is 16.0 Å². The van der Waals surface area contributed by atoms with Crippen LogP contribution in [0.15, 0.2) is 6.20 Å². The van der Waals surface area contributed by atoms with Crippen LogP contribution in [0.2, 0.25) is 0 Å².